The number of hydrogen-bond donors (Lipinski definition) is 1. The van der Waals surface area contributed by atoms with E-state index in [9.17, 15) is 0 Å². The lowest BCUT2D eigenvalue weighted by Crippen LogP contribution is -2.50. The highest BCUT2D eigenvalue weighted by Crippen LogP contribution is 2.17. The van der Waals surface area contributed by atoms with Gasteiger partial charge in [0.2, 0.25) is 0 Å². The van der Waals surface area contributed by atoms with Gasteiger partial charge in [0.15, 0.2) is 0 Å². The van der Waals surface area contributed by atoms with Gasteiger partial charge in [-0.3, -0.25) is 9.80 Å². The van der Waals surface area contributed by atoms with Gasteiger partial charge < -0.3 is 5.32 Å². The van der Waals surface area contributed by atoms with Gasteiger partial charge in [-0.25, -0.2) is 4.68 Å². The number of piperazine rings is 1. The summed E-state index contributed by atoms with van der Waals surface area (Å²) < 4.78 is 2.05. The average molecular weight is 412 g/mol. The van der Waals surface area contributed by atoms with Crippen molar-refractivity contribution in [2.45, 2.75) is 32.9 Å². The summed E-state index contributed by atoms with van der Waals surface area (Å²) in [5.74, 6) is 0. The van der Waals surface area contributed by atoms with E-state index in [4.69, 9.17) is 0 Å². The average Bonchev–Trinajstić information content (AvgIpc) is 3.25. The smallest absolute Gasteiger partial charge is 0.0651 e. The molecule has 2 aliphatic heterocycles. The first-order valence-corrected chi connectivity index (χ1v) is 9.49. The zero-order valence-electron chi connectivity index (χ0n) is 16.2. The fourth-order valence-corrected chi connectivity index (χ4v) is 4.17. The third-order valence-corrected chi connectivity index (χ3v) is 5.53. The molecule has 1 aromatic heterocycles. The summed E-state index contributed by atoms with van der Waals surface area (Å²) in [5.41, 5.74) is 4.80. The molecule has 3 heterocycles. The fourth-order valence-electron chi connectivity index (χ4n) is 4.17. The van der Waals surface area contributed by atoms with Crippen LogP contribution in [0.15, 0.2) is 30.3 Å². The molecule has 1 unspecified atom stereocenters. The SMILES string of the molecule is Cc1cc(C)n(-c2cccc(CN3CCN(C4CCNC4)CC3)c2)n1.Cl.Cl. The first kappa shape index (κ1) is 22.2. The maximum atomic E-state index is 4.61. The van der Waals surface area contributed by atoms with Gasteiger partial charge in [-0.15, -0.1) is 24.8 Å². The van der Waals surface area contributed by atoms with Gasteiger partial charge in [0.05, 0.1) is 11.4 Å². The molecule has 1 N–H and O–H groups in total. The molecule has 4 rings (SSSR count). The van der Waals surface area contributed by atoms with Crippen LogP contribution in [0.1, 0.15) is 23.4 Å². The largest absolute Gasteiger partial charge is 0.315 e. The van der Waals surface area contributed by atoms with Crippen LogP contribution >= 0.6 is 24.8 Å². The van der Waals surface area contributed by atoms with Gasteiger partial charge in [0, 0.05) is 51.0 Å². The third kappa shape index (κ3) is 5.24. The molecule has 7 heteroatoms. The first-order chi connectivity index (χ1) is 12.2. The monoisotopic (exact) mass is 411 g/mol. The molecule has 0 radical (unpaired) electrons. The molecule has 0 saturated carbocycles. The second-order valence-corrected chi connectivity index (χ2v) is 7.47. The van der Waals surface area contributed by atoms with E-state index in [1.54, 1.807) is 0 Å². The second kappa shape index (κ2) is 9.89. The Bertz CT molecular complexity index is 719. The fraction of sp³-hybridized carbons (Fsp3) is 0.550. The predicted octanol–water partition coefficient (Wildman–Crippen LogP) is 2.81. The minimum Gasteiger partial charge on any atom is -0.315 e. The van der Waals surface area contributed by atoms with E-state index in [1.165, 1.54) is 62.6 Å². The number of aryl methyl sites for hydroxylation is 2. The molecule has 0 spiro atoms. The molecule has 1 atom stereocenters. The Morgan fingerprint density at radius 2 is 1.85 bits per heavy atom. The molecule has 2 aliphatic rings. The van der Waals surface area contributed by atoms with Crippen molar-refractivity contribution in [2.75, 3.05) is 39.3 Å². The van der Waals surface area contributed by atoms with Crippen LogP contribution in [-0.2, 0) is 6.54 Å². The second-order valence-electron chi connectivity index (χ2n) is 7.47. The number of rotatable bonds is 4. The van der Waals surface area contributed by atoms with Crippen molar-refractivity contribution in [1.82, 2.24) is 24.9 Å². The Kier molecular flexibility index (Phi) is 8.13. The molecule has 0 aliphatic carbocycles. The van der Waals surface area contributed by atoms with Crippen molar-refractivity contribution in [1.29, 1.82) is 0 Å². The number of halogens is 2. The molecule has 5 nitrogen and oxygen atoms in total. The Balaban J connectivity index is 0.00000131. The van der Waals surface area contributed by atoms with Gasteiger partial charge in [0.1, 0.15) is 0 Å². The predicted molar refractivity (Wildman–Crippen MR) is 116 cm³/mol. The number of nitrogens with one attached hydrogen (secondary N) is 1. The zero-order valence-corrected chi connectivity index (χ0v) is 17.9. The molecule has 150 valence electrons. The van der Waals surface area contributed by atoms with Gasteiger partial charge in [-0.1, -0.05) is 12.1 Å². The van der Waals surface area contributed by atoms with Crippen molar-refractivity contribution >= 4 is 24.8 Å². The van der Waals surface area contributed by atoms with E-state index in [1.807, 2.05) is 11.6 Å². The van der Waals surface area contributed by atoms with E-state index in [0.717, 1.165) is 18.3 Å². The molecule has 2 fully saturated rings. The van der Waals surface area contributed by atoms with Crippen molar-refractivity contribution in [3.63, 3.8) is 0 Å². The van der Waals surface area contributed by atoms with E-state index in [-0.39, 0.29) is 24.8 Å². The van der Waals surface area contributed by atoms with Crippen LogP contribution in [0.5, 0.6) is 0 Å². The van der Waals surface area contributed by atoms with Crippen LogP contribution in [0.2, 0.25) is 0 Å². The van der Waals surface area contributed by atoms with Crippen molar-refractivity contribution < 1.29 is 0 Å². The zero-order chi connectivity index (χ0) is 17.2. The third-order valence-electron chi connectivity index (χ3n) is 5.53. The Hall–Kier alpha value is -1.11. The standard InChI is InChI=1S/C20H29N5.2ClH/c1-16-12-17(2)25(22-16)19-5-3-4-18(13-19)15-23-8-10-24(11-9-23)20-6-7-21-14-20;;/h3-5,12-13,20-21H,6-11,14-15H2,1-2H3;2*1H. The quantitative estimate of drug-likeness (QED) is 0.838. The summed E-state index contributed by atoms with van der Waals surface area (Å²) in [7, 11) is 0. The summed E-state index contributed by atoms with van der Waals surface area (Å²) in [4.78, 5) is 5.25. The maximum Gasteiger partial charge on any atom is 0.0651 e. The van der Waals surface area contributed by atoms with Crippen LogP contribution in [0.3, 0.4) is 0 Å². The maximum absolute atomic E-state index is 4.61. The Morgan fingerprint density at radius 1 is 1.07 bits per heavy atom. The van der Waals surface area contributed by atoms with E-state index >= 15 is 0 Å². The van der Waals surface area contributed by atoms with Crippen LogP contribution in [0.4, 0.5) is 0 Å². The Labute approximate surface area is 174 Å². The summed E-state index contributed by atoms with van der Waals surface area (Å²) in [5, 5.41) is 8.10. The molecular formula is C20H31Cl2N5. The highest BCUT2D eigenvalue weighted by Gasteiger charge is 2.25. The van der Waals surface area contributed by atoms with Crippen molar-refractivity contribution in [2.24, 2.45) is 0 Å². The van der Waals surface area contributed by atoms with Crippen LogP contribution < -0.4 is 5.32 Å². The van der Waals surface area contributed by atoms with Gasteiger partial charge >= 0.3 is 0 Å². The number of aromatic nitrogens is 2. The summed E-state index contributed by atoms with van der Waals surface area (Å²) in [6, 6.07) is 11.7. The summed E-state index contributed by atoms with van der Waals surface area (Å²) >= 11 is 0. The molecular weight excluding hydrogens is 381 g/mol. The Morgan fingerprint density at radius 3 is 2.48 bits per heavy atom. The normalized spacial score (nSPS) is 20.9. The van der Waals surface area contributed by atoms with E-state index < -0.39 is 0 Å². The van der Waals surface area contributed by atoms with E-state index in [2.05, 4.69) is 57.5 Å². The lowest BCUT2D eigenvalue weighted by atomic mass is 10.1. The first-order valence-electron chi connectivity index (χ1n) is 9.49. The van der Waals surface area contributed by atoms with Crippen LogP contribution in [0, 0.1) is 13.8 Å². The highest BCUT2D eigenvalue weighted by molar-refractivity contribution is 5.85. The topological polar surface area (TPSA) is 36.3 Å². The molecule has 2 aromatic rings. The molecule has 1 aromatic carbocycles. The summed E-state index contributed by atoms with van der Waals surface area (Å²) in [6.07, 6.45) is 1.31. The van der Waals surface area contributed by atoms with Crippen LogP contribution in [0.25, 0.3) is 5.69 Å². The molecule has 2 saturated heterocycles. The molecule has 0 amide bonds. The minimum atomic E-state index is 0. The number of benzene rings is 1. The van der Waals surface area contributed by atoms with Crippen molar-refractivity contribution in [3.05, 3.63) is 47.3 Å². The van der Waals surface area contributed by atoms with Gasteiger partial charge in [0.25, 0.3) is 0 Å². The van der Waals surface area contributed by atoms with Crippen molar-refractivity contribution in [3.8, 4) is 5.69 Å². The number of hydrogen-bond acceptors (Lipinski definition) is 4. The lowest BCUT2D eigenvalue weighted by Gasteiger charge is -2.37. The molecule has 0 bridgehead atoms. The minimum absolute atomic E-state index is 0. The number of nitrogens with zero attached hydrogens (tertiary/aromatic N) is 4. The van der Waals surface area contributed by atoms with E-state index in [0.29, 0.717) is 0 Å². The lowest BCUT2D eigenvalue weighted by molar-refractivity contribution is 0.0981. The highest BCUT2D eigenvalue weighted by atomic mass is 35.5. The molecule has 27 heavy (non-hydrogen) atoms. The van der Waals surface area contributed by atoms with Gasteiger partial charge in [-0.2, -0.15) is 5.10 Å². The van der Waals surface area contributed by atoms with Gasteiger partial charge in [-0.05, 0) is 50.6 Å². The van der Waals surface area contributed by atoms with Crippen LogP contribution in [-0.4, -0.2) is 64.9 Å². The summed E-state index contributed by atoms with van der Waals surface area (Å²) in [6.45, 7) is 12.3.